The van der Waals surface area contributed by atoms with E-state index < -0.39 is 11.7 Å². The maximum atomic E-state index is 11.6. The van der Waals surface area contributed by atoms with Gasteiger partial charge in [-0.15, -0.1) is 5.10 Å². The van der Waals surface area contributed by atoms with E-state index >= 15 is 0 Å². The van der Waals surface area contributed by atoms with Gasteiger partial charge < -0.3 is 10.1 Å². The molecule has 138 valence electrons. The van der Waals surface area contributed by atoms with Crippen LogP contribution in [0.5, 0.6) is 0 Å². The molecule has 0 aliphatic carbocycles. The summed E-state index contributed by atoms with van der Waals surface area (Å²) in [5.74, 6) is 0. The van der Waals surface area contributed by atoms with Crippen molar-refractivity contribution in [2.24, 2.45) is 0 Å². The Labute approximate surface area is 154 Å². The summed E-state index contributed by atoms with van der Waals surface area (Å²) >= 11 is 5.83. The zero-order valence-electron chi connectivity index (χ0n) is 14.7. The molecule has 0 saturated heterocycles. The van der Waals surface area contributed by atoms with Crippen molar-refractivity contribution < 1.29 is 9.53 Å². The molecule has 26 heavy (non-hydrogen) atoms. The van der Waals surface area contributed by atoms with E-state index in [2.05, 4.69) is 30.7 Å². The Bertz CT molecular complexity index is 914. The molecule has 10 nitrogen and oxygen atoms in total. The number of nitrogens with one attached hydrogen (secondary N) is 1. The van der Waals surface area contributed by atoms with E-state index in [9.17, 15) is 4.79 Å². The third-order valence-electron chi connectivity index (χ3n) is 3.26. The molecule has 0 fully saturated rings. The first-order valence-corrected chi connectivity index (χ1v) is 8.43. The van der Waals surface area contributed by atoms with Crippen molar-refractivity contribution in [3.05, 3.63) is 23.9 Å². The number of ether oxygens (including phenoxy) is 1. The van der Waals surface area contributed by atoms with Crippen molar-refractivity contribution >= 4 is 28.9 Å². The predicted octanol–water partition coefficient (Wildman–Crippen LogP) is 1.98. The Morgan fingerprint density at radius 3 is 2.92 bits per heavy atom. The standard InChI is InChI=1S/C15H19ClN8O2/c1-15(2,3)26-14(25)17-5-4-6-23-9-10(7-19-23)24-12-11(21-22-24)8-18-13(16)20-12/h7-9H,4-6H2,1-3H3,(H,17,25). The van der Waals surface area contributed by atoms with Crippen LogP contribution in [0.4, 0.5) is 4.79 Å². The van der Waals surface area contributed by atoms with Gasteiger partial charge in [-0.3, -0.25) is 4.68 Å². The fraction of sp³-hybridized carbons (Fsp3) is 0.467. The van der Waals surface area contributed by atoms with Gasteiger partial charge in [-0.2, -0.15) is 14.8 Å². The molecule has 0 saturated carbocycles. The van der Waals surface area contributed by atoms with Gasteiger partial charge in [0.05, 0.1) is 18.6 Å². The lowest BCUT2D eigenvalue weighted by molar-refractivity contribution is 0.0526. The Balaban J connectivity index is 1.57. The van der Waals surface area contributed by atoms with Crippen LogP contribution in [0.1, 0.15) is 27.2 Å². The van der Waals surface area contributed by atoms with Crippen molar-refractivity contribution in [3.8, 4) is 5.69 Å². The summed E-state index contributed by atoms with van der Waals surface area (Å²) in [6, 6.07) is 0. The second-order valence-corrected chi connectivity index (χ2v) is 6.93. The van der Waals surface area contributed by atoms with Crippen LogP contribution in [0.2, 0.25) is 5.28 Å². The number of carbonyl (C=O) groups is 1. The minimum absolute atomic E-state index is 0.127. The smallest absolute Gasteiger partial charge is 0.407 e. The van der Waals surface area contributed by atoms with E-state index in [-0.39, 0.29) is 5.28 Å². The van der Waals surface area contributed by atoms with Crippen molar-refractivity contribution in [3.63, 3.8) is 0 Å². The Morgan fingerprint density at radius 2 is 2.15 bits per heavy atom. The number of aromatic nitrogens is 7. The lowest BCUT2D eigenvalue weighted by atomic mass is 10.2. The van der Waals surface area contributed by atoms with Gasteiger partial charge in [0, 0.05) is 13.1 Å². The summed E-state index contributed by atoms with van der Waals surface area (Å²) < 4.78 is 8.48. The van der Waals surface area contributed by atoms with Crippen LogP contribution >= 0.6 is 11.6 Å². The number of rotatable bonds is 5. The fourth-order valence-electron chi connectivity index (χ4n) is 2.21. The Morgan fingerprint density at radius 1 is 1.35 bits per heavy atom. The highest BCUT2D eigenvalue weighted by Gasteiger charge is 2.15. The van der Waals surface area contributed by atoms with Gasteiger partial charge in [0.25, 0.3) is 0 Å². The van der Waals surface area contributed by atoms with Gasteiger partial charge in [-0.25, -0.2) is 9.78 Å². The van der Waals surface area contributed by atoms with Gasteiger partial charge in [-0.1, -0.05) is 5.21 Å². The summed E-state index contributed by atoms with van der Waals surface area (Å²) in [5.41, 5.74) is 1.26. The number of amides is 1. The molecule has 0 spiro atoms. The lowest BCUT2D eigenvalue weighted by Gasteiger charge is -2.19. The molecule has 0 atom stereocenters. The topological polar surface area (TPSA) is 113 Å². The first-order valence-electron chi connectivity index (χ1n) is 8.05. The van der Waals surface area contributed by atoms with Crippen LogP contribution < -0.4 is 5.32 Å². The molecule has 0 bridgehead atoms. The van der Waals surface area contributed by atoms with Crippen molar-refractivity contribution in [1.29, 1.82) is 0 Å². The highest BCUT2D eigenvalue weighted by Crippen LogP contribution is 2.14. The molecule has 0 radical (unpaired) electrons. The normalized spacial score (nSPS) is 11.7. The second-order valence-electron chi connectivity index (χ2n) is 6.59. The highest BCUT2D eigenvalue weighted by atomic mass is 35.5. The molecule has 3 aromatic heterocycles. The van der Waals surface area contributed by atoms with Gasteiger partial charge in [0.15, 0.2) is 11.2 Å². The molecule has 11 heteroatoms. The molecule has 0 aromatic carbocycles. The minimum atomic E-state index is -0.506. The number of fused-ring (bicyclic) bond motifs is 1. The van der Waals surface area contributed by atoms with Gasteiger partial charge in [0.2, 0.25) is 5.28 Å². The maximum Gasteiger partial charge on any atom is 0.407 e. The largest absolute Gasteiger partial charge is 0.444 e. The molecule has 0 aliphatic rings. The number of halogens is 1. The number of alkyl carbamates (subject to hydrolysis) is 1. The first-order chi connectivity index (χ1) is 12.3. The monoisotopic (exact) mass is 378 g/mol. The molecule has 1 amide bonds. The van der Waals surface area contributed by atoms with Crippen LogP contribution in [0, 0.1) is 0 Å². The van der Waals surface area contributed by atoms with E-state index in [1.165, 1.54) is 6.20 Å². The zero-order chi connectivity index (χ0) is 18.7. The summed E-state index contributed by atoms with van der Waals surface area (Å²) in [6.07, 6.45) is 5.26. The SMILES string of the molecule is CC(C)(C)OC(=O)NCCCn1cc(-n2nnc3cnc(Cl)nc32)cn1. The quantitative estimate of drug-likeness (QED) is 0.533. The van der Waals surface area contributed by atoms with Gasteiger partial charge >= 0.3 is 6.09 Å². The predicted molar refractivity (Wildman–Crippen MR) is 94.1 cm³/mol. The summed E-state index contributed by atoms with van der Waals surface area (Å²) in [4.78, 5) is 19.6. The Kier molecular flexibility index (Phi) is 5.03. The van der Waals surface area contributed by atoms with Crippen molar-refractivity contribution in [2.45, 2.75) is 39.3 Å². The lowest BCUT2D eigenvalue weighted by Crippen LogP contribution is -2.33. The van der Waals surface area contributed by atoms with E-state index in [1.807, 2.05) is 27.0 Å². The van der Waals surface area contributed by atoms with Gasteiger partial charge in [0.1, 0.15) is 11.3 Å². The summed E-state index contributed by atoms with van der Waals surface area (Å²) in [7, 11) is 0. The molecule has 3 rings (SSSR count). The van der Waals surface area contributed by atoms with Crippen LogP contribution in [0.3, 0.4) is 0 Å². The third-order valence-corrected chi connectivity index (χ3v) is 3.44. The molecular weight excluding hydrogens is 360 g/mol. The number of aryl methyl sites for hydroxylation is 1. The van der Waals surface area contributed by atoms with E-state index in [4.69, 9.17) is 16.3 Å². The van der Waals surface area contributed by atoms with E-state index in [0.29, 0.717) is 36.4 Å². The van der Waals surface area contributed by atoms with Crippen LogP contribution in [-0.4, -0.2) is 53.0 Å². The number of carbonyl (C=O) groups excluding carboxylic acids is 1. The number of hydrogen-bond donors (Lipinski definition) is 1. The van der Waals surface area contributed by atoms with Crippen LogP contribution in [-0.2, 0) is 11.3 Å². The van der Waals surface area contributed by atoms with E-state index in [1.54, 1.807) is 15.6 Å². The summed E-state index contributed by atoms with van der Waals surface area (Å²) in [6.45, 7) is 6.58. The van der Waals surface area contributed by atoms with Gasteiger partial charge in [-0.05, 0) is 38.8 Å². The molecule has 0 unspecified atom stereocenters. The first kappa shape index (κ1) is 18.1. The number of nitrogens with zero attached hydrogens (tertiary/aromatic N) is 7. The highest BCUT2D eigenvalue weighted by molar-refractivity contribution is 6.28. The van der Waals surface area contributed by atoms with E-state index in [0.717, 1.165) is 0 Å². The molecule has 1 N–H and O–H groups in total. The zero-order valence-corrected chi connectivity index (χ0v) is 15.4. The van der Waals surface area contributed by atoms with Crippen molar-refractivity contribution in [1.82, 2.24) is 40.1 Å². The minimum Gasteiger partial charge on any atom is -0.444 e. The molecule has 0 aliphatic heterocycles. The average molecular weight is 379 g/mol. The Hall–Kier alpha value is -2.75. The second kappa shape index (κ2) is 7.24. The van der Waals surface area contributed by atoms with Crippen molar-refractivity contribution in [2.75, 3.05) is 6.54 Å². The molecule has 3 aromatic rings. The third kappa shape index (κ3) is 4.45. The summed E-state index contributed by atoms with van der Waals surface area (Å²) in [5, 5.41) is 15.2. The average Bonchev–Trinajstić information content (AvgIpc) is 3.16. The molecule has 3 heterocycles. The molecular formula is C15H19ClN8O2. The van der Waals surface area contributed by atoms with Crippen LogP contribution in [0.15, 0.2) is 18.6 Å². The fourth-order valence-corrected chi connectivity index (χ4v) is 2.34. The van der Waals surface area contributed by atoms with Crippen LogP contribution in [0.25, 0.3) is 16.9 Å². The maximum absolute atomic E-state index is 11.6. The number of hydrogen-bond acceptors (Lipinski definition) is 7.